The van der Waals surface area contributed by atoms with Crippen LogP contribution in [0.3, 0.4) is 0 Å². The monoisotopic (exact) mass is 412 g/mol. The summed E-state index contributed by atoms with van der Waals surface area (Å²) in [6.07, 6.45) is 5.31. The molecule has 7 heteroatoms. The van der Waals surface area contributed by atoms with Crippen LogP contribution in [0.4, 0.5) is 4.39 Å². The van der Waals surface area contributed by atoms with E-state index < -0.39 is 0 Å². The van der Waals surface area contributed by atoms with E-state index >= 15 is 0 Å². The number of piperidine rings is 1. The third-order valence-corrected chi connectivity index (χ3v) is 6.10. The van der Waals surface area contributed by atoms with E-state index in [1.54, 1.807) is 16.8 Å². The van der Waals surface area contributed by atoms with Crippen molar-refractivity contribution in [2.75, 3.05) is 13.1 Å². The van der Waals surface area contributed by atoms with E-state index in [0.717, 1.165) is 55.5 Å². The second-order valence-electron chi connectivity index (χ2n) is 8.60. The van der Waals surface area contributed by atoms with Crippen LogP contribution in [-0.2, 0) is 17.6 Å². The van der Waals surface area contributed by atoms with Gasteiger partial charge in [0, 0.05) is 36.3 Å². The highest BCUT2D eigenvalue weighted by atomic mass is 19.1. The van der Waals surface area contributed by atoms with Crippen molar-refractivity contribution in [3.8, 4) is 5.69 Å². The molecule has 2 aliphatic rings. The molecule has 1 aromatic carbocycles. The summed E-state index contributed by atoms with van der Waals surface area (Å²) in [6, 6.07) is 6.26. The predicted molar refractivity (Wildman–Crippen MR) is 112 cm³/mol. The molecular formula is C23H29FN4O2. The normalized spacial score (nSPS) is 17.1. The van der Waals surface area contributed by atoms with Crippen LogP contribution in [-0.4, -0.2) is 45.6 Å². The van der Waals surface area contributed by atoms with Gasteiger partial charge in [-0.25, -0.2) is 9.07 Å². The zero-order chi connectivity index (χ0) is 21.3. The number of hydrogen-bond donors (Lipinski definition) is 1. The number of aromatic nitrogens is 2. The largest absolute Gasteiger partial charge is 0.348 e. The maximum absolute atomic E-state index is 13.3. The molecule has 0 saturated carbocycles. The lowest BCUT2D eigenvalue weighted by atomic mass is 9.95. The van der Waals surface area contributed by atoms with Crippen molar-refractivity contribution in [1.29, 1.82) is 0 Å². The molecule has 1 aliphatic carbocycles. The van der Waals surface area contributed by atoms with Crippen molar-refractivity contribution >= 4 is 11.8 Å². The van der Waals surface area contributed by atoms with Crippen LogP contribution in [0.1, 0.15) is 61.3 Å². The Hall–Kier alpha value is -2.70. The molecule has 2 amide bonds. The number of rotatable bonds is 4. The van der Waals surface area contributed by atoms with E-state index in [0.29, 0.717) is 18.8 Å². The van der Waals surface area contributed by atoms with E-state index in [9.17, 15) is 14.0 Å². The van der Waals surface area contributed by atoms with Crippen LogP contribution >= 0.6 is 0 Å². The number of nitrogens with zero attached hydrogens (tertiary/aromatic N) is 3. The summed E-state index contributed by atoms with van der Waals surface area (Å²) >= 11 is 0. The van der Waals surface area contributed by atoms with Crippen LogP contribution in [0.5, 0.6) is 0 Å². The highest BCUT2D eigenvalue weighted by Crippen LogP contribution is 2.27. The van der Waals surface area contributed by atoms with Gasteiger partial charge in [-0.1, -0.05) is 13.8 Å². The summed E-state index contributed by atoms with van der Waals surface area (Å²) in [7, 11) is 0. The smallest absolute Gasteiger partial charge is 0.272 e. The summed E-state index contributed by atoms with van der Waals surface area (Å²) in [4.78, 5) is 27.1. The topological polar surface area (TPSA) is 67.2 Å². The number of amides is 2. The van der Waals surface area contributed by atoms with E-state index in [2.05, 4.69) is 10.4 Å². The second kappa shape index (κ2) is 8.58. The molecule has 0 spiro atoms. The molecule has 1 N–H and O–H groups in total. The fraction of sp³-hybridized carbons (Fsp3) is 0.522. The molecule has 4 rings (SSSR count). The first-order valence-electron chi connectivity index (χ1n) is 10.9. The Morgan fingerprint density at radius 2 is 1.77 bits per heavy atom. The molecule has 0 bridgehead atoms. The molecule has 30 heavy (non-hydrogen) atoms. The lowest BCUT2D eigenvalue weighted by molar-refractivity contribution is -0.135. The van der Waals surface area contributed by atoms with Crippen molar-refractivity contribution in [3.63, 3.8) is 0 Å². The Kier molecular flexibility index (Phi) is 5.88. The van der Waals surface area contributed by atoms with Crippen LogP contribution in [0.25, 0.3) is 5.69 Å². The Bertz CT molecular complexity index is 927. The third-order valence-electron chi connectivity index (χ3n) is 6.10. The van der Waals surface area contributed by atoms with Gasteiger partial charge >= 0.3 is 0 Å². The Morgan fingerprint density at radius 1 is 1.10 bits per heavy atom. The minimum absolute atomic E-state index is 0.00177. The van der Waals surface area contributed by atoms with Gasteiger partial charge in [0.1, 0.15) is 5.82 Å². The lowest BCUT2D eigenvalue weighted by Gasteiger charge is -2.33. The summed E-state index contributed by atoms with van der Waals surface area (Å²) in [5, 5.41) is 7.78. The fourth-order valence-electron chi connectivity index (χ4n) is 4.44. The number of benzene rings is 1. The number of likely N-dealkylation sites (tertiary alicyclic amines) is 1. The lowest BCUT2D eigenvalue weighted by Crippen LogP contribution is -2.47. The van der Waals surface area contributed by atoms with E-state index in [1.165, 1.54) is 12.1 Å². The van der Waals surface area contributed by atoms with Crippen molar-refractivity contribution in [2.45, 2.75) is 58.4 Å². The van der Waals surface area contributed by atoms with Gasteiger partial charge in [0.2, 0.25) is 5.91 Å². The van der Waals surface area contributed by atoms with Gasteiger partial charge in [-0.15, -0.1) is 0 Å². The Morgan fingerprint density at radius 3 is 2.43 bits per heavy atom. The predicted octanol–water partition coefficient (Wildman–Crippen LogP) is 3.27. The maximum Gasteiger partial charge on any atom is 0.272 e. The number of nitrogens with one attached hydrogen (secondary N) is 1. The van der Waals surface area contributed by atoms with E-state index in [-0.39, 0.29) is 29.6 Å². The minimum Gasteiger partial charge on any atom is -0.348 e. The van der Waals surface area contributed by atoms with Gasteiger partial charge in [0.05, 0.1) is 5.69 Å². The van der Waals surface area contributed by atoms with Gasteiger partial charge in [-0.05, 0) is 62.8 Å². The summed E-state index contributed by atoms with van der Waals surface area (Å²) in [5.74, 6) is -0.271. The number of carbonyl (C=O) groups excluding carboxylic acids is 2. The number of hydrogen-bond acceptors (Lipinski definition) is 3. The molecule has 1 saturated heterocycles. The highest BCUT2D eigenvalue weighted by Gasteiger charge is 2.29. The maximum atomic E-state index is 13.3. The molecule has 1 aromatic heterocycles. The van der Waals surface area contributed by atoms with Crippen molar-refractivity contribution < 1.29 is 14.0 Å². The molecular weight excluding hydrogens is 383 g/mol. The highest BCUT2D eigenvalue weighted by molar-refractivity contribution is 5.94. The van der Waals surface area contributed by atoms with Crippen LogP contribution in [0.2, 0.25) is 0 Å². The summed E-state index contributed by atoms with van der Waals surface area (Å²) in [6.45, 7) is 5.17. The molecule has 160 valence electrons. The standard InChI is InChI=1S/C23H29FN4O2/c1-15(2)23(30)27-13-11-17(12-14-27)25-22(29)21-19-5-3-4-6-20(19)28(26-21)18-9-7-16(24)8-10-18/h7-10,15,17H,3-6,11-14H2,1-2H3,(H,25,29). The number of carbonyl (C=O) groups is 2. The molecule has 0 atom stereocenters. The van der Waals surface area contributed by atoms with Crippen LogP contribution in [0.15, 0.2) is 24.3 Å². The van der Waals surface area contributed by atoms with E-state index in [4.69, 9.17) is 0 Å². The minimum atomic E-state index is -0.292. The van der Waals surface area contributed by atoms with Crippen molar-refractivity contribution in [3.05, 3.63) is 47.0 Å². The SMILES string of the molecule is CC(C)C(=O)N1CCC(NC(=O)c2nn(-c3ccc(F)cc3)c3c2CCCC3)CC1. The molecule has 6 nitrogen and oxygen atoms in total. The summed E-state index contributed by atoms with van der Waals surface area (Å²) in [5.41, 5.74) is 3.31. The number of fused-ring (bicyclic) bond motifs is 1. The fourth-order valence-corrected chi connectivity index (χ4v) is 4.44. The molecule has 1 aliphatic heterocycles. The van der Waals surface area contributed by atoms with Gasteiger partial charge in [-0.3, -0.25) is 9.59 Å². The molecule has 2 heterocycles. The van der Waals surface area contributed by atoms with Crippen LogP contribution < -0.4 is 5.32 Å². The molecule has 0 radical (unpaired) electrons. The van der Waals surface area contributed by atoms with E-state index in [1.807, 2.05) is 18.7 Å². The summed E-state index contributed by atoms with van der Waals surface area (Å²) < 4.78 is 15.1. The average Bonchev–Trinajstić information content (AvgIpc) is 3.14. The average molecular weight is 413 g/mol. The quantitative estimate of drug-likeness (QED) is 0.838. The van der Waals surface area contributed by atoms with Crippen LogP contribution in [0, 0.1) is 11.7 Å². The van der Waals surface area contributed by atoms with Gasteiger partial charge in [-0.2, -0.15) is 5.10 Å². The zero-order valence-corrected chi connectivity index (χ0v) is 17.7. The third kappa shape index (κ3) is 4.11. The Labute approximate surface area is 176 Å². The first kappa shape index (κ1) is 20.6. The van der Waals surface area contributed by atoms with Gasteiger partial charge < -0.3 is 10.2 Å². The van der Waals surface area contributed by atoms with Gasteiger partial charge in [0.25, 0.3) is 5.91 Å². The molecule has 0 unspecified atom stereocenters. The molecule has 1 fully saturated rings. The number of halogens is 1. The van der Waals surface area contributed by atoms with Crippen molar-refractivity contribution in [1.82, 2.24) is 20.0 Å². The Balaban J connectivity index is 1.49. The second-order valence-corrected chi connectivity index (χ2v) is 8.60. The van der Waals surface area contributed by atoms with Gasteiger partial charge in [0.15, 0.2) is 5.69 Å². The molecule has 2 aromatic rings. The zero-order valence-electron chi connectivity index (χ0n) is 17.7. The van der Waals surface area contributed by atoms with Crippen molar-refractivity contribution in [2.24, 2.45) is 5.92 Å². The first-order chi connectivity index (χ1) is 14.4. The first-order valence-corrected chi connectivity index (χ1v) is 10.9.